The van der Waals surface area contributed by atoms with Crippen LogP contribution in [0.2, 0.25) is 0 Å². The Labute approximate surface area is 145 Å². The van der Waals surface area contributed by atoms with E-state index in [1.807, 2.05) is 18.2 Å². The van der Waals surface area contributed by atoms with Gasteiger partial charge in [-0.25, -0.2) is 13.4 Å². The lowest BCUT2D eigenvalue weighted by atomic mass is 9.95. The molecule has 8 heteroatoms. The molecule has 4 heterocycles. The van der Waals surface area contributed by atoms with Gasteiger partial charge in [-0.05, 0) is 18.2 Å². The second-order valence-corrected chi connectivity index (χ2v) is 9.49. The zero-order chi connectivity index (χ0) is 16.6. The summed E-state index contributed by atoms with van der Waals surface area (Å²) in [4.78, 5) is 8.34. The third-order valence-corrected chi connectivity index (χ3v) is 7.65. The molecule has 2 fully saturated rings. The quantitative estimate of drug-likeness (QED) is 0.825. The lowest BCUT2D eigenvalue weighted by molar-refractivity contribution is 0.155. The number of thioether (sulfide) groups is 1. The minimum atomic E-state index is -3.44. The van der Waals surface area contributed by atoms with Gasteiger partial charge < -0.3 is 4.74 Å². The highest BCUT2D eigenvalue weighted by Gasteiger charge is 2.53. The van der Waals surface area contributed by atoms with E-state index in [0.717, 1.165) is 12.2 Å². The van der Waals surface area contributed by atoms with Crippen molar-refractivity contribution in [1.82, 2.24) is 14.3 Å². The first-order valence-electron chi connectivity index (χ1n) is 7.69. The Morgan fingerprint density at radius 3 is 2.79 bits per heavy atom. The molecule has 24 heavy (non-hydrogen) atoms. The summed E-state index contributed by atoms with van der Waals surface area (Å²) in [6, 6.07) is 8.82. The predicted molar refractivity (Wildman–Crippen MR) is 91.5 cm³/mol. The second-order valence-electron chi connectivity index (χ2n) is 6.07. The van der Waals surface area contributed by atoms with Gasteiger partial charge in [-0.1, -0.05) is 6.07 Å². The first-order valence-corrected chi connectivity index (χ1v) is 10.1. The molecule has 4 rings (SSSR count). The molecule has 2 saturated heterocycles. The average Bonchev–Trinajstić information content (AvgIpc) is 3.00. The molecule has 0 aromatic carbocycles. The van der Waals surface area contributed by atoms with E-state index in [1.165, 1.54) is 10.5 Å². The molecule has 1 atom stereocenters. The molecule has 0 radical (unpaired) electrons. The highest BCUT2D eigenvalue weighted by Crippen LogP contribution is 2.47. The van der Waals surface area contributed by atoms with Crippen molar-refractivity contribution in [3.63, 3.8) is 0 Å². The molecule has 0 aliphatic carbocycles. The van der Waals surface area contributed by atoms with Crippen molar-refractivity contribution in [2.24, 2.45) is 0 Å². The maximum absolute atomic E-state index is 12.6. The zero-order valence-electron chi connectivity index (χ0n) is 12.9. The highest BCUT2D eigenvalue weighted by molar-refractivity contribution is 8.01. The molecule has 2 aromatic heterocycles. The van der Waals surface area contributed by atoms with Gasteiger partial charge in [-0.15, -0.1) is 11.8 Å². The molecule has 0 amide bonds. The topological polar surface area (TPSA) is 72.4 Å². The number of rotatable bonds is 4. The van der Waals surface area contributed by atoms with Gasteiger partial charge in [0.1, 0.15) is 11.0 Å². The lowest BCUT2D eigenvalue weighted by Gasteiger charge is -2.46. The Bertz CT molecular complexity index is 809. The molecule has 2 aromatic rings. The van der Waals surface area contributed by atoms with E-state index >= 15 is 0 Å². The van der Waals surface area contributed by atoms with Gasteiger partial charge in [0.15, 0.2) is 0 Å². The number of aromatic nitrogens is 2. The van der Waals surface area contributed by atoms with Crippen molar-refractivity contribution >= 4 is 21.8 Å². The van der Waals surface area contributed by atoms with Gasteiger partial charge in [0.05, 0.1) is 0 Å². The van der Waals surface area contributed by atoms with Crippen LogP contribution in [0.3, 0.4) is 0 Å². The molecular formula is C16H17N3O3S2. The fourth-order valence-electron chi connectivity index (χ4n) is 3.10. The van der Waals surface area contributed by atoms with Crippen molar-refractivity contribution in [1.29, 1.82) is 0 Å². The Morgan fingerprint density at radius 1 is 1.21 bits per heavy atom. The van der Waals surface area contributed by atoms with E-state index in [4.69, 9.17) is 4.74 Å². The van der Waals surface area contributed by atoms with Crippen molar-refractivity contribution < 1.29 is 13.2 Å². The van der Waals surface area contributed by atoms with Crippen LogP contribution in [0.25, 0.3) is 0 Å². The lowest BCUT2D eigenvalue weighted by Crippen LogP contribution is -2.60. The fraction of sp³-hybridized carbons (Fsp3) is 0.375. The first kappa shape index (κ1) is 15.9. The molecule has 2 aliphatic rings. The van der Waals surface area contributed by atoms with E-state index in [2.05, 4.69) is 9.97 Å². The fourth-order valence-corrected chi connectivity index (χ4v) is 6.37. The maximum atomic E-state index is 12.6. The van der Waals surface area contributed by atoms with Crippen molar-refractivity contribution in [2.75, 3.05) is 18.8 Å². The van der Waals surface area contributed by atoms with Crippen LogP contribution in [0.5, 0.6) is 5.88 Å². The predicted octanol–water partition coefficient (Wildman–Crippen LogP) is 1.80. The normalized spacial score (nSPS) is 23.1. The van der Waals surface area contributed by atoms with Gasteiger partial charge in [-0.2, -0.15) is 4.31 Å². The van der Waals surface area contributed by atoms with Crippen LogP contribution in [-0.2, 0) is 10.0 Å². The Balaban J connectivity index is 1.39. The van der Waals surface area contributed by atoms with Crippen LogP contribution in [-0.4, -0.2) is 52.4 Å². The third kappa shape index (κ3) is 2.89. The summed E-state index contributed by atoms with van der Waals surface area (Å²) in [6.07, 6.45) is 5.59. The highest BCUT2D eigenvalue weighted by atomic mass is 32.2. The van der Waals surface area contributed by atoms with Gasteiger partial charge in [-0.3, -0.25) is 4.98 Å². The molecule has 6 nitrogen and oxygen atoms in total. The number of hydrogen-bond acceptors (Lipinski definition) is 6. The summed E-state index contributed by atoms with van der Waals surface area (Å²) in [6.45, 7) is 1.05. The van der Waals surface area contributed by atoms with Crippen molar-refractivity contribution in [3.05, 3.63) is 48.9 Å². The van der Waals surface area contributed by atoms with Crippen LogP contribution in [0.15, 0.2) is 53.8 Å². The monoisotopic (exact) mass is 363 g/mol. The summed E-state index contributed by atoms with van der Waals surface area (Å²) in [5.41, 5.74) is 0. The number of ether oxygens (including phenoxy) is 1. The van der Waals surface area contributed by atoms with E-state index in [0.29, 0.717) is 19.0 Å². The molecular weight excluding hydrogens is 346 g/mol. The molecule has 0 bridgehead atoms. The van der Waals surface area contributed by atoms with Gasteiger partial charge in [0.2, 0.25) is 15.9 Å². The summed E-state index contributed by atoms with van der Waals surface area (Å²) in [7, 11) is -3.44. The third-order valence-electron chi connectivity index (χ3n) is 4.30. The van der Waals surface area contributed by atoms with Gasteiger partial charge >= 0.3 is 0 Å². The zero-order valence-corrected chi connectivity index (χ0v) is 14.5. The molecule has 0 unspecified atom stereocenters. The van der Waals surface area contributed by atoms with Crippen LogP contribution in [0.4, 0.5) is 0 Å². The van der Waals surface area contributed by atoms with Crippen molar-refractivity contribution in [3.8, 4) is 5.88 Å². The SMILES string of the molecule is O=S(=O)(c1cccnc1)N1CC2(C[C@@H](Oc3ccccn3)CS2)C1. The van der Waals surface area contributed by atoms with E-state index in [-0.39, 0.29) is 15.7 Å². The summed E-state index contributed by atoms with van der Waals surface area (Å²) in [5.74, 6) is 1.48. The molecule has 2 aliphatic heterocycles. The molecule has 0 N–H and O–H groups in total. The van der Waals surface area contributed by atoms with Gasteiger partial charge in [0.25, 0.3) is 0 Å². The maximum Gasteiger partial charge on any atom is 0.244 e. The second kappa shape index (κ2) is 6.02. The van der Waals surface area contributed by atoms with E-state index < -0.39 is 10.0 Å². The Kier molecular flexibility index (Phi) is 3.98. The summed E-state index contributed by atoms with van der Waals surface area (Å²) >= 11 is 1.80. The Morgan fingerprint density at radius 2 is 2.08 bits per heavy atom. The smallest absolute Gasteiger partial charge is 0.244 e. The molecule has 126 valence electrons. The average molecular weight is 363 g/mol. The van der Waals surface area contributed by atoms with Crippen LogP contribution in [0, 0.1) is 0 Å². The standard InChI is InChI=1S/C16H17N3O3S2/c20-24(21,14-4-3-6-17-9-14)19-11-16(12-19)8-13(10-23-16)22-15-5-1-2-7-18-15/h1-7,9,13H,8,10-12H2/t13-/m1/s1. The van der Waals surface area contributed by atoms with Crippen LogP contribution >= 0.6 is 11.8 Å². The number of nitrogens with zero attached hydrogens (tertiary/aromatic N) is 3. The minimum Gasteiger partial charge on any atom is -0.473 e. The molecule has 1 spiro atoms. The summed E-state index contributed by atoms with van der Waals surface area (Å²) < 4.78 is 32.5. The Hall–Kier alpha value is -1.64. The number of pyridine rings is 2. The van der Waals surface area contributed by atoms with E-state index in [9.17, 15) is 8.42 Å². The van der Waals surface area contributed by atoms with Crippen LogP contribution < -0.4 is 4.74 Å². The van der Waals surface area contributed by atoms with E-state index in [1.54, 1.807) is 36.3 Å². The van der Waals surface area contributed by atoms with Crippen LogP contribution in [0.1, 0.15) is 6.42 Å². The summed E-state index contributed by atoms with van der Waals surface area (Å²) in [5, 5.41) is 0. The molecule has 0 saturated carbocycles. The van der Waals surface area contributed by atoms with Gasteiger partial charge in [0, 0.05) is 54.7 Å². The minimum absolute atomic E-state index is 0.0330. The number of sulfonamides is 1. The largest absolute Gasteiger partial charge is 0.473 e. The number of hydrogen-bond donors (Lipinski definition) is 0. The van der Waals surface area contributed by atoms with Crippen molar-refractivity contribution in [2.45, 2.75) is 22.2 Å². The first-order chi connectivity index (χ1) is 11.6.